The molecule has 0 saturated carbocycles. The van der Waals surface area contributed by atoms with Gasteiger partial charge in [0.25, 0.3) is 10.0 Å². The van der Waals surface area contributed by atoms with Gasteiger partial charge in [0.2, 0.25) is 0 Å². The van der Waals surface area contributed by atoms with Gasteiger partial charge >= 0.3 is 0 Å². The van der Waals surface area contributed by atoms with Crippen molar-refractivity contribution in [2.45, 2.75) is 4.90 Å². The van der Waals surface area contributed by atoms with E-state index in [1.807, 2.05) is 30.3 Å². The fourth-order valence-corrected chi connectivity index (χ4v) is 3.36. The molecule has 7 nitrogen and oxygen atoms in total. The van der Waals surface area contributed by atoms with Gasteiger partial charge in [-0.3, -0.25) is 9.82 Å². The van der Waals surface area contributed by atoms with Crippen LogP contribution in [0.25, 0.3) is 16.6 Å². The van der Waals surface area contributed by atoms with Gasteiger partial charge < -0.3 is 0 Å². The van der Waals surface area contributed by atoms with Crippen LogP contribution in [0.2, 0.25) is 0 Å². The van der Waals surface area contributed by atoms with Crippen molar-refractivity contribution < 1.29 is 8.42 Å². The topological polar surface area (TPSA) is 92.7 Å². The Bertz CT molecular complexity index is 1100. The molecule has 0 fully saturated rings. The molecule has 2 heterocycles. The second-order valence-corrected chi connectivity index (χ2v) is 6.92. The first-order valence-electron chi connectivity index (χ1n) is 7.18. The first-order chi connectivity index (χ1) is 11.6. The third-order valence-electron chi connectivity index (χ3n) is 3.58. The van der Waals surface area contributed by atoms with Gasteiger partial charge in [0, 0.05) is 5.39 Å². The van der Waals surface area contributed by atoms with E-state index in [1.165, 1.54) is 17.1 Å². The lowest BCUT2D eigenvalue weighted by molar-refractivity contribution is 0.601. The van der Waals surface area contributed by atoms with E-state index in [1.54, 1.807) is 24.4 Å². The van der Waals surface area contributed by atoms with Gasteiger partial charge in [0.05, 0.1) is 35.5 Å². The van der Waals surface area contributed by atoms with Crippen molar-refractivity contribution in [1.82, 2.24) is 20.0 Å². The van der Waals surface area contributed by atoms with Gasteiger partial charge in [-0.2, -0.15) is 10.2 Å². The number of aromatic nitrogens is 4. The van der Waals surface area contributed by atoms with E-state index in [0.29, 0.717) is 5.69 Å². The zero-order valence-corrected chi connectivity index (χ0v) is 13.2. The highest BCUT2D eigenvalue weighted by molar-refractivity contribution is 7.92. The Morgan fingerprint density at radius 1 is 1.04 bits per heavy atom. The molecule has 0 aliphatic rings. The van der Waals surface area contributed by atoms with Crippen molar-refractivity contribution >= 4 is 26.6 Å². The Balaban J connectivity index is 1.64. The molecule has 0 aliphatic heterocycles. The molecule has 2 aromatic carbocycles. The minimum Gasteiger partial charge on any atom is -0.279 e. The zero-order valence-electron chi connectivity index (χ0n) is 12.4. The Morgan fingerprint density at radius 3 is 2.71 bits per heavy atom. The molecule has 0 amide bonds. The van der Waals surface area contributed by atoms with Crippen LogP contribution in [0.4, 0.5) is 5.69 Å². The smallest absolute Gasteiger partial charge is 0.265 e. The maximum absolute atomic E-state index is 12.5. The summed E-state index contributed by atoms with van der Waals surface area (Å²) in [6.07, 6.45) is 4.48. The van der Waals surface area contributed by atoms with Crippen LogP contribution in [0.5, 0.6) is 0 Å². The van der Waals surface area contributed by atoms with Gasteiger partial charge in [-0.15, -0.1) is 0 Å². The Labute approximate surface area is 138 Å². The summed E-state index contributed by atoms with van der Waals surface area (Å²) >= 11 is 0. The monoisotopic (exact) mass is 339 g/mol. The maximum atomic E-state index is 12.5. The SMILES string of the molecule is O=S(=O)(Nc1ccc2cn[nH]c2c1)c1cnn(-c2ccccc2)c1. The van der Waals surface area contributed by atoms with E-state index in [2.05, 4.69) is 20.0 Å². The van der Waals surface area contributed by atoms with Crippen LogP contribution < -0.4 is 4.72 Å². The molecule has 0 saturated heterocycles. The van der Waals surface area contributed by atoms with Gasteiger partial charge in [0.1, 0.15) is 4.90 Å². The molecule has 2 N–H and O–H groups in total. The molecule has 24 heavy (non-hydrogen) atoms. The molecule has 120 valence electrons. The van der Waals surface area contributed by atoms with Crippen LogP contribution in [0.1, 0.15) is 0 Å². The number of benzene rings is 2. The zero-order chi connectivity index (χ0) is 16.6. The van der Waals surface area contributed by atoms with Gasteiger partial charge in [-0.1, -0.05) is 18.2 Å². The highest BCUT2D eigenvalue weighted by atomic mass is 32.2. The predicted molar refractivity (Wildman–Crippen MR) is 90.5 cm³/mol. The van der Waals surface area contributed by atoms with Crippen LogP contribution in [0, 0.1) is 0 Å². The van der Waals surface area contributed by atoms with Crippen molar-refractivity contribution in [3.8, 4) is 5.69 Å². The first kappa shape index (κ1) is 14.5. The molecular formula is C16H13N5O2S. The number of nitrogens with one attached hydrogen (secondary N) is 2. The van der Waals surface area contributed by atoms with E-state index < -0.39 is 10.0 Å². The summed E-state index contributed by atoms with van der Waals surface area (Å²) in [5.41, 5.74) is 2.01. The van der Waals surface area contributed by atoms with E-state index in [9.17, 15) is 8.42 Å². The number of nitrogens with zero attached hydrogens (tertiary/aromatic N) is 3. The maximum Gasteiger partial charge on any atom is 0.265 e. The lowest BCUT2D eigenvalue weighted by atomic mass is 10.2. The van der Waals surface area contributed by atoms with Crippen LogP contribution >= 0.6 is 0 Å². The predicted octanol–water partition coefficient (Wildman–Crippen LogP) is 2.55. The third kappa shape index (κ3) is 2.63. The van der Waals surface area contributed by atoms with Gasteiger partial charge in [-0.05, 0) is 30.3 Å². The fraction of sp³-hybridized carbons (Fsp3) is 0. The quantitative estimate of drug-likeness (QED) is 0.597. The summed E-state index contributed by atoms with van der Waals surface area (Å²) in [5, 5.41) is 11.8. The molecule has 0 unspecified atom stereocenters. The molecule has 0 aliphatic carbocycles. The van der Waals surface area contributed by atoms with E-state index in [0.717, 1.165) is 16.6 Å². The number of hydrogen-bond acceptors (Lipinski definition) is 4. The van der Waals surface area contributed by atoms with Crippen LogP contribution in [0.15, 0.2) is 72.0 Å². The van der Waals surface area contributed by atoms with Crippen LogP contribution in [-0.2, 0) is 10.0 Å². The summed E-state index contributed by atoms with van der Waals surface area (Å²) in [7, 11) is -3.72. The number of anilines is 1. The Kier molecular flexibility index (Phi) is 3.31. The third-order valence-corrected chi connectivity index (χ3v) is 4.92. The number of para-hydroxylation sites is 1. The molecule has 4 aromatic rings. The molecule has 2 aromatic heterocycles. The molecule has 0 spiro atoms. The molecule has 8 heteroatoms. The second kappa shape index (κ2) is 5.50. The summed E-state index contributed by atoms with van der Waals surface area (Å²) in [5.74, 6) is 0. The molecule has 0 bridgehead atoms. The van der Waals surface area contributed by atoms with Crippen LogP contribution in [-0.4, -0.2) is 28.4 Å². The normalized spacial score (nSPS) is 11.7. The Morgan fingerprint density at radius 2 is 1.88 bits per heavy atom. The molecular weight excluding hydrogens is 326 g/mol. The average molecular weight is 339 g/mol. The Hall–Kier alpha value is -3.13. The molecule has 4 rings (SSSR count). The van der Waals surface area contributed by atoms with Crippen molar-refractivity contribution in [1.29, 1.82) is 0 Å². The fourth-order valence-electron chi connectivity index (χ4n) is 2.38. The van der Waals surface area contributed by atoms with Crippen molar-refractivity contribution in [3.05, 3.63) is 67.1 Å². The number of sulfonamides is 1. The van der Waals surface area contributed by atoms with E-state index >= 15 is 0 Å². The van der Waals surface area contributed by atoms with Gasteiger partial charge in [0.15, 0.2) is 0 Å². The number of H-pyrrole nitrogens is 1. The minimum absolute atomic E-state index is 0.0936. The van der Waals surface area contributed by atoms with Crippen molar-refractivity contribution in [2.24, 2.45) is 0 Å². The summed E-state index contributed by atoms with van der Waals surface area (Å²) < 4.78 is 29.1. The minimum atomic E-state index is -3.72. The number of rotatable bonds is 4. The van der Waals surface area contributed by atoms with Gasteiger partial charge in [-0.25, -0.2) is 13.1 Å². The largest absolute Gasteiger partial charge is 0.279 e. The first-order valence-corrected chi connectivity index (χ1v) is 8.66. The highest BCUT2D eigenvalue weighted by Gasteiger charge is 2.17. The van der Waals surface area contributed by atoms with Crippen molar-refractivity contribution in [2.75, 3.05) is 4.72 Å². The van der Waals surface area contributed by atoms with Crippen LogP contribution in [0.3, 0.4) is 0 Å². The number of fused-ring (bicyclic) bond motifs is 1. The standard InChI is InChI=1S/C16H13N5O2S/c22-24(23,20-13-7-6-12-9-17-19-16(12)8-13)15-10-18-21(11-15)14-4-2-1-3-5-14/h1-11,20H,(H,17,19). The lowest BCUT2D eigenvalue weighted by Gasteiger charge is -2.06. The summed E-state index contributed by atoms with van der Waals surface area (Å²) in [6.45, 7) is 0. The summed E-state index contributed by atoms with van der Waals surface area (Å²) in [6, 6.07) is 14.5. The average Bonchev–Trinajstić information content (AvgIpc) is 3.24. The number of hydrogen-bond donors (Lipinski definition) is 2. The second-order valence-electron chi connectivity index (χ2n) is 5.23. The molecule has 0 atom stereocenters. The highest BCUT2D eigenvalue weighted by Crippen LogP contribution is 2.20. The summed E-state index contributed by atoms with van der Waals surface area (Å²) in [4.78, 5) is 0.0936. The molecule has 0 radical (unpaired) electrons. The van der Waals surface area contributed by atoms with Crippen molar-refractivity contribution in [3.63, 3.8) is 0 Å². The van der Waals surface area contributed by atoms with E-state index in [-0.39, 0.29) is 4.90 Å². The van der Waals surface area contributed by atoms with E-state index in [4.69, 9.17) is 0 Å². The number of aromatic amines is 1. The lowest BCUT2D eigenvalue weighted by Crippen LogP contribution is -2.12.